The largest absolute Gasteiger partial charge is 0.496 e. The number of ether oxygens (including phenoxy) is 2. The summed E-state index contributed by atoms with van der Waals surface area (Å²) in [5.74, 6) is 0.285. The molecule has 19 heavy (non-hydrogen) atoms. The minimum absolute atomic E-state index is 0.363. The highest BCUT2D eigenvalue weighted by Crippen LogP contribution is 2.31. The maximum atomic E-state index is 12.1. The number of esters is 1. The highest BCUT2D eigenvalue weighted by molar-refractivity contribution is 5.83. The molecule has 1 aromatic rings. The van der Waals surface area contributed by atoms with E-state index in [9.17, 15) is 4.79 Å². The second-order valence-corrected chi connectivity index (χ2v) is 4.49. The minimum Gasteiger partial charge on any atom is -0.496 e. The van der Waals surface area contributed by atoms with Gasteiger partial charge in [-0.05, 0) is 26.0 Å². The first-order valence-corrected chi connectivity index (χ1v) is 6.09. The van der Waals surface area contributed by atoms with Gasteiger partial charge in [-0.1, -0.05) is 17.7 Å². The summed E-state index contributed by atoms with van der Waals surface area (Å²) in [4.78, 5) is 12.1. The minimum atomic E-state index is -0.972. The fourth-order valence-electron chi connectivity index (χ4n) is 1.97. The van der Waals surface area contributed by atoms with E-state index in [-0.39, 0.29) is 5.97 Å². The number of hydrogen-bond donors (Lipinski definition) is 1. The molecule has 0 aliphatic heterocycles. The third kappa shape index (κ3) is 3.15. The Bertz CT molecular complexity index is 470. The number of aryl methyl sites for hydroxylation is 1. The lowest BCUT2D eigenvalue weighted by atomic mass is 9.89. The molecule has 0 amide bonds. The van der Waals surface area contributed by atoms with E-state index in [1.165, 1.54) is 7.11 Å². The van der Waals surface area contributed by atoms with Crippen molar-refractivity contribution in [3.05, 3.63) is 42.0 Å². The van der Waals surface area contributed by atoms with Gasteiger partial charge < -0.3 is 9.47 Å². The van der Waals surface area contributed by atoms with Crippen LogP contribution >= 0.6 is 0 Å². The van der Waals surface area contributed by atoms with Gasteiger partial charge in [-0.3, -0.25) is 5.32 Å². The molecule has 1 rings (SSSR count). The first-order valence-electron chi connectivity index (χ1n) is 6.09. The summed E-state index contributed by atoms with van der Waals surface area (Å²) in [7, 11) is 2.96. The van der Waals surface area contributed by atoms with Gasteiger partial charge in [0.1, 0.15) is 11.3 Å². The summed E-state index contributed by atoms with van der Waals surface area (Å²) in [5, 5.41) is 3.14. The molecular weight excluding hydrogens is 242 g/mol. The first-order chi connectivity index (χ1) is 8.99. The molecule has 0 radical (unpaired) electrons. The van der Waals surface area contributed by atoms with Crippen molar-refractivity contribution in [1.29, 1.82) is 0 Å². The van der Waals surface area contributed by atoms with E-state index < -0.39 is 5.54 Å². The summed E-state index contributed by atoms with van der Waals surface area (Å²) >= 11 is 0. The Kier molecular flexibility index (Phi) is 5.12. The number of nitrogens with one attached hydrogen (secondary N) is 1. The van der Waals surface area contributed by atoms with Crippen molar-refractivity contribution in [3.8, 4) is 5.75 Å². The molecule has 1 N–H and O–H groups in total. The van der Waals surface area contributed by atoms with Gasteiger partial charge in [-0.15, -0.1) is 6.58 Å². The van der Waals surface area contributed by atoms with Crippen LogP contribution in [0.3, 0.4) is 0 Å². The molecule has 1 aromatic carbocycles. The van der Waals surface area contributed by atoms with Crippen molar-refractivity contribution in [1.82, 2.24) is 5.32 Å². The Labute approximate surface area is 114 Å². The maximum Gasteiger partial charge on any atom is 0.330 e. The number of methoxy groups -OCH3 is 2. The highest BCUT2D eigenvalue weighted by Gasteiger charge is 2.38. The molecule has 0 saturated heterocycles. The van der Waals surface area contributed by atoms with Gasteiger partial charge in [0.15, 0.2) is 0 Å². The molecule has 1 unspecified atom stereocenters. The van der Waals surface area contributed by atoms with Crippen molar-refractivity contribution >= 4 is 5.97 Å². The average Bonchev–Trinajstić information content (AvgIpc) is 2.43. The molecule has 104 valence electrons. The van der Waals surface area contributed by atoms with Gasteiger partial charge in [-0.25, -0.2) is 4.79 Å². The zero-order chi connectivity index (χ0) is 14.5. The van der Waals surface area contributed by atoms with Crippen LogP contribution in [0.4, 0.5) is 0 Å². The van der Waals surface area contributed by atoms with Crippen molar-refractivity contribution in [2.75, 3.05) is 20.8 Å². The standard InChI is InChI=1S/C15H21NO3/c1-6-9-16-15(3,14(17)19-5)12-10-11(2)7-8-13(12)18-4/h6-8,10,16H,1,9H2,2-5H3. The lowest BCUT2D eigenvalue weighted by Gasteiger charge is -2.29. The van der Waals surface area contributed by atoms with Crippen LogP contribution in [0.2, 0.25) is 0 Å². The van der Waals surface area contributed by atoms with Gasteiger partial charge >= 0.3 is 5.97 Å². The van der Waals surface area contributed by atoms with Crippen molar-refractivity contribution in [2.45, 2.75) is 19.4 Å². The molecule has 0 saturated carbocycles. The maximum absolute atomic E-state index is 12.1. The zero-order valence-corrected chi connectivity index (χ0v) is 11.9. The van der Waals surface area contributed by atoms with E-state index >= 15 is 0 Å². The monoisotopic (exact) mass is 263 g/mol. The van der Waals surface area contributed by atoms with E-state index in [0.29, 0.717) is 12.3 Å². The first kappa shape index (κ1) is 15.2. The second kappa shape index (κ2) is 6.38. The van der Waals surface area contributed by atoms with Crippen LogP contribution in [0.25, 0.3) is 0 Å². The summed E-state index contributed by atoms with van der Waals surface area (Å²) in [6.45, 7) is 7.89. The van der Waals surface area contributed by atoms with E-state index in [1.807, 2.05) is 25.1 Å². The number of rotatable bonds is 6. The molecule has 0 aliphatic carbocycles. The molecule has 0 heterocycles. The Hall–Kier alpha value is -1.81. The van der Waals surface area contributed by atoms with Crippen molar-refractivity contribution in [3.63, 3.8) is 0 Å². The topological polar surface area (TPSA) is 47.6 Å². The quantitative estimate of drug-likeness (QED) is 0.631. The van der Waals surface area contributed by atoms with Gasteiger partial charge in [0.2, 0.25) is 0 Å². The summed E-state index contributed by atoms with van der Waals surface area (Å²) in [6, 6.07) is 5.71. The molecule has 4 nitrogen and oxygen atoms in total. The Balaban J connectivity index is 3.34. The van der Waals surface area contributed by atoms with Crippen LogP contribution in [0.5, 0.6) is 5.75 Å². The van der Waals surface area contributed by atoms with Crippen LogP contribution in [0.1, 0.15) is 18.1 Å². The number of carbonyl (C=O) groups excluding carboxylic acids is 1. The molecule has 0 spiro atoms. The summed E-state index contributed by atoms with van der Waals surface area (Å²) < 4.78 is 10.3. The van der Waals surface area contributed by atoms with Crippen molar-refractivity contribution < 1.29 is 14.3 Å². The van der Waals surface area contributed by atoms with Gasteiger partial charge in [0, 0.05) is 12.1 Å². The zero-order valence-electron chi connectivity index (χ0n) is 11.9. The third-order valence-corrected chi connectivity index (χ3v) is 3.09. The molecule has 1 atom stereocenters. The summed E-state index contributed by atoms with van der Waals surface area (Å²) in [6.07, 6.45) is 1.70. The molecule has 0 aliphatic rings. The summed E-state index contributed by atoms with van der Waals surface area (Å²) in [5.41, 5.74) is 0.829. The normalized spacial score (nSPS) is 13.5. The van der Waals surface area contributed by atoms with E-state index in [4.69, 9.17) is 9.47 Å². The molecular formula is C15H21NO3. The van der Waals surface area contributed by atoms with Gasteiger partial charge in [0.25, 0.3) is 0 Å². The van der Waals surface area contributed by atoms with Crippen LogP contribution in [0.15, 0.2) is 30.9 Å². The molecule has 0 aromatic heterocycles. The van der Waals surface area contributed by atoms with E-state index in [2.05, 4.69) is 11.9 Å². The van der Waals surface area contributed by atoms with Crippen molar-refractivity contribution in [2.24, 2.45) is 0 Å². The predicted octanol–water partition coefficient (Wildman–Crippen LogP) is 2.17. The molecule has 0 bridgehead atoms. The number of benzene rings is 1. The average molecular weight is 263 g/mol. The number of hydrogen-bond acceptors (Lipinski definition) is 4. The van der Waals surface area contributed by atoms with Crippen LogP contribution in [-0.2, 0) is 15.1 Å². The molecule has 4 heteroatoms. The Morgan fingerprint density at radius 3 is 2.68 bits per heavy atom. The number of carbonyl (C=O) groups is 1. The molecule has 0 fully saturated rings. The van der Waals surface area contributed by atoms with E-state index in [1.54, 1.807) is 20.1 Å². The van der Waals surface area contributed by atoms with Gasteiger partial charge in [-0.2, -0.15) is 0 Å². The fourth-order valence-corrected chi connectivity index (χ4v) is 1.97. The third-order valence-electron chi connectivity index (χ3n) is 3.09. The second-order valence-electron chi connectivity index (χ2n) is 4.49. The Morgan fingerprint density at radius 2 is 2.16 bits per heavy atom. The van der Waals surface area contributed by atoms with E-state index in [0.717, 1.165) is 11.1 Å². The lowest BCUT2D eigenvalue weighted by Crippen LogP contribution is -2.47. The SMILES string of the molecule is C=CCNC(C)(C(=O)OC)c1cc(C)ccc1OC. The highest BCUT2D eigenvalue weighted by atomic mass is 16.5. The van der Waals surface area contributed by atoms with Crippen LogP contribution in [-0.4, -0.2) is 26.7 Å². The Morgan fingerprint density at radius 1 is 1.47 bits per heavy atom. The predicted molar refractivity (Wildman–Crippen MR) is 75.3 cm³/mol. The van der Waals surface area contributed by atoms with Crippen LogP contribution in [0, 0.1) is 6.92 Å². The lowest BCUT2D eigenvalue weighted by molar-refractivity contribution is -0.148. The van der Waals surface area contributed by atoms with Gasteiger partial charge in [0.05, 0.1) is 14.2 Å². The fraction of sp³-hybridized carbons (Fsp3) is 0.400. The smallest absolute Gasteiger partial charge is 0.330 e. The van der Waals surface area contributed by atoms with Crippen LogP contribution < -0.4 is 10.1 Å².